The Bertz CT molecular complexity index is 519. The molecular weight excluding hydrogens is 270 g/mol. The van der Waals surface area contributed by atoms with Crippen LogP contribution < -0.4 is 15.2 Å². The molecular formula is C13H14ClNO2S. The Labute approximate surface area is 115 Å². The average molecular weight is 284 g/mol. The van der Waals surface area contributed by atoms with Gasteiger partial charge < -0.3 is 15.2 Å². The topological polar surface area (TPSA) is 44.5 Å². The van der Waals surface area contributed by atoms with Gasteiger partial charge in [-0.25, -0.2) is 0 Å². The van der Waals surface area contributed by atoms with E-state index in [0.717, 1.165) is 10.4 Å². The molecule has 18 heavy (non-hydrogen) atoms. The highest BCUT2D eigenvalue weighted by Crippen LogP contribution is 2.39. The summed E-state index contributed by atoms with van der Waals surface area (Å²) < 4.78 is 10.7. The highest BCUT2D eigenvalue weighted by molar-refractivity contribution is 7.10. The van der Waals surface area contributed by atoms with Gasteiger partial charge in [0.1, 0.15) is 11.5 Å². The van der Waals surface area contributed by atoms with Gasteiger partial charge in [0.15, 0.2) is 0 Å². The molecule has 96 valence electrons. The van der Waals surface area contributed by atoms with Gasteiger partial charge in [0.05, 0.1) is 30.8 Å². The SMILES string of the molecule is COc1cccc(OC)c1C(N)c1sccc1Cl. The molecule has 5 heteroatoms. The highest BCUT2D eigenvalue weighted by atomic mass is 35.5. The van der Waals surface area contributed by atoms with Crippen molar-refractivity contribution in [1.82, 2.24) is 0 Å². The van der Waals surface area contributed by atoms with Gasteiger partial charge in [0, 0.05) is 4.88 Å². The first-order chi connectivity index (χ1) is 8.69. The maximum absolute atomic E-state index is 6.28. The van der Waals surface area contributed by atoms with E-state index < -0.39 is 0 Å². The molecule has 0 saturated carbocycles. The number of ether oxygens (including phenoxy) is 2. The Kier molecular flexibility index (Phi) is 4.11. The number of rotatable bonds is 4. The Morgan fingerprint density at radius 1 is 1.17 bits per heavy atom. The highest BCUT2D eigenvalue weighted by Gasteiger charge is 2.21. The molecule has 2 N–H and O–H groups in total. The molecule has 2 aromatic rings. The Morgan fingerprint density at radius 2 is 1.78 bits per heavy atom. The summed E-state index contributed by atoms with van der Waals surface area (Å²) in [6, 6.07) is 7.06. The first-order valence-corrected chi connectivity index (χ1v) is 6.64. The van der Waals surface area contributed by atoms with Crippen molar-refractivity contribution < 1.29 is 9.47 Å². The van der Waals surface area contributed by atoms with Crippen LogP contribution in [0.15, 0.2) is 29.6 Å². The van der Waals surface area contributed by atoms with E-state index >= 15 is 0 Å². The van der Waals surface area contributed by atoms with Crippen molar-refractivity contribution >= 4 is 22.9 Å². The van der Waals surface area contributed by atoms with Crippen molar-refractivity contribution in [2.24, 2.45) is 5.73 Å². The monoisotopic (exact) mass is 283 g/mol. The van der Waals surface area contributed by atoms with Crippen LogP contribution in [0.4, 0.5) is 0 Å². The van der Waals surface area contributed by atoms with Crippen LogP contribution in [0.25, 0.3) is 0 Å². The second-order valence-corrected chi connectivity index (χ2v) is 5.04. The zero-order chi connectivity index (χ0) is 13.1. The fourth-order valence-corrected chi connectivity index (χ4v) is 3.03. The molecule has 0 bridgehead atoms. The van der Waals surface area contributed by atoms with Gasteiger partial charge in [-0.05, 0) is 23.6 Å². The van der Waals surface area contributed by atoms with E-state index in [4.69, 9.17) is 26.8 Å². The molecule has 0 amide bonds. The summed E-state index contributed by atoms with van der Waals surface area (Å²) >= 11 is 7.65. The van der Waals surface area contributed by atoms with E-state index in [0.29, 0.717) is 16.5 Å². The van der Waals surface area contributed by atoms with Gasteiger partial charge in [-0.2, -0.15) is 0 Å². The molecule has 0 fully saturated rings. The summed E-state index contributed by atoms with van der Waals surface area (Å²) in [6.45, 7) is 0. The molecule has 1 heterocycles. The van der Waals surface area contributed by atoms with E-state index in [-0.39, 0.29) is 6.04 Å². The molecule has 0 aliphatic carbocycles. The number of hydrogen-bond donors (Lipinski definition) is 1. The molecule has 3 nitrogen and oxygen atoms in total. The van der Waals surface area contributed by atoms with Crippen molar-refractivity contribution in [2.75, 3.05) is 14.2 Å². The number of halogens is 1. The first kappa shape index (κ1) is 13.2. The number of hydrogen-bond acceptors (Lipinski definition) is 4. The van der Waals surface area contributed by atoms with E-state index in [1.165, 1.54) is 11.3 Å². The molecule has 2 rings (SSSR count). The quantitative estimate of drug-likeness (QED) is 0.934. The number of nitrogens with two attached hydrogens (primary N) is 1. The van der Waals surface area contributed by atoms with Crippen molar-refractivity contribution in [3.8, 4) is 11.5 Å². The van der Waals surface area contributed by atoms with Gasteiger partial charge >= 0.3 is 0 Å². The van der Waals surface area contributed by atoms with Crippen molar-refractivity contribution in [1.29, 1.82) is 0 Å². The smallest absolute Gasteiger partial charge is 0.127 e. The lowest BCUT2D eigenvalue weighted by Crippen LogP contribution is -2.13. The minimum atomic E-state index is -0.358. The maximum Gasteiger partial charge on any atom is 0.127 e. The van der Waals surface area contributed by atoms with Crippen LogP contribution in [0.1, 0.15) is 16.5 Å². The number of methoxy groups -OCH3 is 2. The third-order valence-corrected chi connectivity index (χ3v) is 4.15. The predicted molar refractivity (Wildman–Crippen MR) is 74.9 cm³/mol. The zero-order valence-electron chi connectivity index (χ0n) is 10.1. The van der Waals surface area contributed by atoms with Crippen LogP contribution in [0.2, 0.25) is 5.02 Å². The molecule has 1 aromatic carbocycles. The van der Waals surface area contributed by atoms with Crippen LogP contribution in [-0.2, 0) is 0 Å². The number of thiophene rings is 1. The Balaban J connectivity index is 2.52. The van der Waals surface area contributed by atoms with E-state index in [2.05, 4.69) is 0 Å². The van der Waals surface area contributed by atoms with Crippen LogP contribution in [0, 0.1) is 0 Å². The third kappa shape index (κ3) is 2.32. The average Bonchev–Trinajstić information content (AvgIpc) is 2.83. The van der Waals surface area contributed by atoms with E-state index in [1.807, 2.05) is 29.6 Å². The molecule has 0 aliphatic rings. The van der Waals surface area contributed by atoms with Crippen molar-refractivity contribution in [3.63, 3.8) is 0 Å². The standard InChI is InChI=1S/C13H14ClNO2S/c1-16-9-4-3-5-10(17-2)11(9)12(15)13-8(14)6-7-18-13/h3-7,12H,15H2,1-2H3. The van der Waals surface area contributed by atoms with Gasteiger partial charge in [-0.1, -0.05) is 17.7 Å². The minimum Gasteiger partial charge on any atom is -0.496 e. The van der Waals surface area contributed by atoms with E-state index in [9.17, 15) is 0 Å². The number of benzene rings is 1. The maximum atomic E-state index is 6.28. The fourth-order valence-electron chi connectivity index (χ4n) is 1.84. The van der Waals surface area contributed by atoms with Crippen LogP contribution in [0.5, 0.6) is 11.5 Å². The molecule has 0 saturated heterocycles. The summed E-state index contributed by atoms with van der Waals surface area (Å²) in [5.41, 5.74) is 7.09. The molecule has 0 spiro atoms. The molecule has 1 unspecified atom stereocenters. The fraction of sp³-hybridized carbons (Fsp3) is 0.231. The second kappa shape index (κ2) is 5.61. The summed E-state index contributed by atoms with van der Waals surface area (Å²) in [7, 11) is 3.22. The summed E-state index contributed by atoms with van der Waals surface area (Å²) in [5, 5.41) is 2.58. The van der Waals surface area contributed by atoms with Crippen molar-refractivity contribution in [2.45, 2.75) is 6.04 Å². The zero-order valence-corrected chi connectivity index (χ0v) is 11.7. The Morgan fingerprint density at radius 3 is 2.22 bits per heavy atom. The van der Waals surface area contributed by atoms with Gasteiger partial charge in [-0.15, -0.1) is 11.3 Å². The molecule has 0 radical (unpaired) electrons. The lowest BCUT2D eigenvalue weighted by atomic mass is 10.0. The largest absolute Gasteiger partial charge is 0.496 e. The molecule has 1 atom stereocenters. The summed E-state index contributed by atoms with van der Waals surface area (Å²) in [4.78, 5) is 0.902. The summed E-state index contributed by atoms with van der Waals surface area (Å²) in [5.74, 6) is 1.40. The second-order valence-electron chi connectivity index (χ2n) is 3.69. The summed E-state index contributed by atoms with van der Waals surface area (Å²) in [6.07, 6.45) is 0. The van der Waals surface area contributed by atoms with Crippen molar-refractivity contribution in [3.05, 3.63) is 45.1 Å². The van der Waals surface area contributed by atoms with Gasteiger partial charge in [0.25, 0.3) is 0 Å². The third-order valence-electron chi connectivity index (χ3n) is 2.70. The lowest BCUT2D eigenvalue weighted by Gasteiger charge is -2.18. The van der Waals surface area contributed by atoms with Crippen LogP contribution >= 0.6 is 22.9 Å². The molecule has 0 aliphatic heterocycles. The predicted octanol–water partition coefficient (Wildman–Crippen LogP) is 3.47. The lowest BCUT2D eigenvalue weighted by molar-refractivity contribution is 0.382. The Hall–Kier alpha value is -1.23. The first-order valence-electron chi connectivity index (χ1n) is 5.38. The van der Waals surface area contributed by atoms with Crippen LogP contribution in [-0.4, -0.2) is 14.2 Å². The van der Waals surface area contributed by atoms with E-state index in [1.54, 1.807) is 14.2 Å². The van der Waals surface area contributed by atoms with Gasteiger partial charge in [-0.3, -0.25) is 0 Å². The minimum absolute atomic E-state index is 0.358. The van der Waals surface area contributed by atoms with Gasteiger partial charge in [0.2, 0.25) is 0 Å². The van der Waals surface area contributed by atoms with Crippen LogP contribution in [0.3, 0.4) is 0 Å². The molecule has 1 aromatic heterocycles. The normalized spacial score (nSPS) is 12.2.